The fourth-order valence-electron chi connectivity index (χ4n) is 6.81. The summed E-state index contributed by atoms with van der Waals surface area (Å²) >= 11 is 1.64. The summed E-state index contributed by atoms with van der Waals surface area (Å²) in [5.41, 5.74) is 8.56. The van der Waals surface area contributed by atoms with Gasteiger partial charge in [-0.15, -0.1) is 46.7 Å². The number of ether oxygens (including phenoxy) is 3. The van der Waals surface area contributed by atoms with Gasteiger partial charge in [-0.1, -0.05) is 58.7 Å². The number of halogens is 3. The van der Waals surface area contributed by atoms with Gasteiger partial charge in [0.25, 0.3) is 19.4 Å². The first-order valence-electron chi connectivity index (χ1n) is 21.7. The van der Waals surface area contributed by atoms with Gasteiger partial charge in [-0.05, 0) is 130 Å². The second kappa shape index (κ2) is 25.9. The monoisotopic (exact) mass is 1050 g/mol. The number of alkyl halides is 3. The van der Waals surface area contributed by atoms with Crippen LogP contribution in [0.3, 0.4) is 0 Å². The second-order valence-corrected chi connectivity index (χ2v) is 17.2. The molecular formula is C53H47F3N6O6RuS. The summed E-state index contributed by atoms with van der Waals surface area (Å²) in [5.74, 6) is 0. The van der Waals surface area contributed by atoms with Gasteiger partial charge in [-0.25, -0.2) is 4.98 Å². The maximum Gasteiger partial charge on any atom is 2.00 e. The molecule has 0 unspecified atom stereocenters. The number of nitrogens with zero attached hydrogens (tertiary/aromatic N) is 6. The van der Waals surface area contributed by atoms with Gasteiger partial charge in [0.1, 0.15) is 5.69 Å². The van der Waals surface area contributed by atoms with Crippen LogP contribution in [0.1, 0.15) is 86.9 Å². The summed E-state index contributed by atoms with van der Waals surface area (Å²) in [6, 6.07) is 26.8. The zero-order valence-corrected chi connectivity index (χ0v) is 41.1. The number of hydrogen-bond acceptors (Lipinski definition) is 12. The molecule has 0 atom stereocenters. The predicted octanol–water partition coefficient (Wildman–Crippen LogP) is 12.4. The van der Waals surface area contributed by atoms with Crippen LogP contribution in [-0.2, 0) is 66.1 Å². The average Bonchev–Trinajstić information content (AvgIpc) is 4.05. The van der Waals surface area contributed by atoms with E-state index in [2.05, 4.69) is 84.6 Å². The van der Waals surface area contributed by atoms with E-state index in [0.29, 0.717) is 59.1 Å². The van der Waals surface area contributed by atoms with Crippen LogP contribution in [-0.4, -0.2) is 44.5 Å². The van der Waals surface area contributed by atoms with E-state index < -0.39 is 11.9 Å². The Hall–Kier alpha value is -7.23. The SMILES string of the molecule is CCCCCCc1ccsc1-c1cc(-c2[c-]cc(C(C)(C)C)cc2)nc(-c2cc(C(F)(F)F)n[n-]2)c1.O=CO/C=C/c1ccnc(-c2cc(/C=C/OC=O)cc(-c3cc(/C=C/OC=O)ccn3)n2)c1.[Ru+2]. The summed E-state index contributed by atoms with van der Waals surface area (Å²) in [6.07, 6.45) is 12.9. The Kier molecular flexibility index (Phi) is 19.9. The third kappa shape index (κ3) is 15.4. The summed E-state index contributed by atoms with van der Waals surface area (Å²) in [5, 5.41) is 9.23. The molecule has 0 amide bonds. The number of unbranched alkanes of at least 4 members (excludes halogenated alkanes) is 3. The molecule has 7 rings (SSSR count). The van der Waals surface area contributed by atoms with Crippen LogP contribution in [0.15, 0.2) is 115 Å². The third-order valence-corrected chi connectivity index (χ3v) is 11.3. The minimum Gasteiger partial charge on any atom is -0.573 e. The normalized spacial score (nSPS) is 11.5. The van der Waals surface area contributed by atoms with Crippen molar-refractivity contribution >= 4 is 49.0 Å². The Bertz CT molecular complexity index is 2840. The van der Waals surface area contributed by atoms with Crippen LogP contribution >= 0.6 is 11.3 Å². The zero-order valence-electron chi connectivity index (χ0n) is 38.5. The van der Waals surface area contributed by atoms with Crippen molar-refractivity contribution in [3.05, 3.63) is 155 Å². The number of pyridine rings is 4. The molecule has 0 N–H and O–H groups in total. The number of carbonyl (C=O) groups excluding carboxylic acids is 3. The standard InChI is InChI=1S/C29H30F3N3S.C24H17N3O6.Ru/c1-5-6-7-8-9-20-14-15-36-27(20)21-16-23(19-10-12-22(13-11-19)28(2,3)4)33-24(17-21)25-18-26(35-34-25)29(30,31)32;28-15-31-8-3-18-1-6-25-21(11-18)23-13-20(5-10-33-17-30)14-24(27-23)22-12-19(2-7-26-22)4-9-32-16-29;/h10,12-18H,5-9H2,1-4H3;1-17H;/q-2;;+2/b;8-3+,9-4+,10-5+;. The van der Waals surface area contributed by atoms with Crippen LogP contribution in [0.4, 0.5) is 13.2 Å². The Morgan fingerprint density at radius 3 is 1.77 bits per heavy atom. The van der Waals surface area contributed by atoms with Crippen molar-refractivity contribution in [2.24, 2.45) is 0 Å². The molecule has 6 aromatic heterocycles. The van der Waals surface area contributed by atoms with Crippen molar-refractivity contribution in [2.45, 2.75) is 71.4 Å². The molecule has 12 nitrogen and oxygen atoms in total. The molecule has 0 saturated carbocycles. The second-order valence-electron chi connectivity index (χ2n) is 16.3. The van der Waals surface area contributed by atoms with Crippen molar-refractivity contribution in [1.82, 2.24) is 30.1 Å². The van der Waals surface area contributed by atoms with E-state index in [9.17, 15) is 27.6 Å². The van der Waals surface area contributed by atoms with Gasteiger partial charge < -0.3 is 24.4 Å². The van der Waals surface area contributed by atoms with Gasteiger partial charge in [0.05, 0.1) is 41.6 Å². The molecule has 0 aliphatic carbocycles. The molecule has 0 spiro atoms. The van der Waals surface area contributed by atoms with Crippen LogP contribution in [0, 0.1) is 6.07 Å². The van der Waals surface area contributed by atoms with Crippen LogP contribution < -0.4 is 5.10 Å². The molecule has 70 heavy (non-hydrogen) atoms. The van der Waals surface area contributed by atoms with E-state index in [1.807, 2.05) is 30.3 Å². The number of aryl methyl sites for hydroxylation is 1. The molecule has 360 valence electrons. The van der Waals surface area contributed by atoms with E-state index in [1.54, 1.807) is 78.4 Å². The van der Waals surface area contributed by atoms with Gasteiger partial charge in [-0.3, -0.25) is 29.3 Å². The largest absolute Gasteiger partial charge is 2.00 e. The van der Waals surface area contributed by atoms with Crippen LogP contribution in [0.2, 0.25) is 0 Å². The third-order valence-electron chi connectivity index (χ3n) is 10.3. The first-order valence-corrected chi connectivity index (χ1v) is 22.6. The maximum atomic E-state index is 13.2. The first kappa shape index (κ1) is 53.7. The molecule has 0 bridgehead atoms. The fourth-order valence-corrected chi connectivity index (χ4v) is 7.75. The number of rotatable bonds is 19. The predicted molar refractivity (Wildman–Crippen MR) is 259 cm³/mol. The van der Waals surface area contributed by atoms with Crippen LogP contribution in [0.25, 0.3) is 74.1 Å². The Morgan fingerprint density at radius 1 is 0.671 bits per heavy atom. The van der Waals surface area contributed by atoms with Crippen molar-refractivity contribution in [2.75, 3.05) is 0 Å². The van der Waals surface area contributed by atoms with E-state index in [1.165, 1.54) is 43.6 Å². The molecule has 0 saturated heterocycles. The summed E-state index contributed by atoms with van der Waals surface area (Å²) in [7, 11) is 0. The van der Waals surface area contributed by atoms with Crippen molar-refractivity contribution < 1.29 is 61.2 Å². The van der Waals surface area contributed by atoms with E-state index >= 15 is 0 Å². The Balaban J connectivity index is 0.000000258. The van der Waals surface area contributed by atoms with Crippen molar-refractivity contribution in [1.29, 1.82) is 0 Å². The first-order chi connectivity index (χ1) is 33.3. The molecule has 0 aliphatic rings. The minimum absolute atomic E-state index is 0. The van der Waals surface area contributed by atoms with Gasteiger partial charge in [0.15, 0.2) is 0 Å². The van der Waals surface area contributed by atoms with Gasteiger partial charge in [-0.2, -0.15) is 13.2 Å². The van der Waals surface area contributed by atoms with Gasteiger partial charge in [0.2, 0.25) is 0 Å². The average molecular weight is 1050 g/mol. The quantitative estimate of drug-likeness (QED) is 0.0189. The topological polar surface area (TPSA) is 157 Å². The molecule has 7 aromatic rings. The molecule has 6 heterocycles. The molecule has 0 radical (unpaired) electrons. The summed E-state index contributed by atoms with van der Waals surface area (Å²) in [4.78, 5) is 50.4. The fraction of sp³-hybridized carbons (Fsp3) is 0.208. The Morgan fingerprint density at radius 2 is 1.24 bits per heavy atom. The summed E-state index contributed by atoms with van der Waals surface area (Å²) in [6.45, 7) is 9.57. The van der Waals surface area contributed by atoms with Gasteiger partial charge >= 0.3 is 25.7 Å². The smallest absolute Gasteiger partial charge is 0.573 e. The van der Waals surface area contributed by atoms with Crippen LogP contribution in [0.5, 0.6) is 0 Å². The van der Waals surface area contributed by atoms with E-state index in [0.717, 1.165) is 51.6 Å². The van der Waals surface area contributed by atoms with Crippen molar-refractivity contribution in [3.63, 3.8) is 0 Å². The molecule has 0 aliphatic heterocycles. The zero-order chi connectivity index (χ0) is 49.2. The number of hydrogen-bond donors (Lipinski definition) is 0. The van der Waals surface area contributed by atoms with Gasteiger partial charge in [0, 0.05) is 23.0 Å². The number of benzene rings is 1. The molecule has 17 heteroatoms. The summed E-state index contributed by atoms with van der Waals surface area (Å²) < 4.78 is 53.4. The van der Waals surface area contributed by atoms with E-state index in [4.69, 9.17) is 4.98 Å². The number of carbonyl (C=O) groups is 3. The van der Waals surface area contributed by atoms with E-state index in [-0.39, 0.29) is 30.6 Å². The maximum absolute atomic E-state index is 13.2. The van der Waals surface area contributed by atoms with Crippen molar-refractivity contribution in [3.8, 4) is 55.9 Å². The molecule has 1 aromatic carbocycles. The molecular weight excluding hydrogens is 1010 g/mol. The molecule has 0 fully saturated rings. The number of aromatic nitrogens is 6. The number of thiophene rings is 1. The Labute approximate surface area is 420 Å². The minimum atomic E-state index is -4.55.